The van der Waals surface area contributed by atoms with Gasteiger partial charge in [0.05, 0.1) is 5.25 Å². The van der Waals surface area contributed by atoms with Crippen molar-refractivity contribution in [1.29, 1.82) is 0 Å². The molecule has 1 saturated carbocycles. The number of hydrogen-bond donors (Lipinski definition) is 2. The first kappa shape index (κ1) is 21.1. The summed E-state index contributed by atoms with van der Waals surface area (Å²) in [5.74, 6) is 0.322. The van der Waals surface area contributed by atoms with Crippen molar-refractivity contribution in [2.24, 2.45) is 0 Å². The molecule has 2 aliphatic heterocycles. The molecule has 2 atom stereocenters. The summed E-state index contributed by atoms with van der Waals surface area (Å²) in [6, 6.07) is 11.2. The first-order valence-corrected chi connectivity index (χ1v) is 12.0. The number of ether oxygens (including phenoxy) is 2. The highest BCUT2D eigenvalue weighted by Gasteiger charge is 2.42. The van der Waals surface area contributed by atoms with Gasteiger partial charge < -0.3 is 20.1 Å². The van der Waals surface area contributed by atoms with E-state index >= 15 is 0 Å². The van der Waals surface area contributed by atoms with E-state index in [9.17, 15) is 14.0 Å². The Morgan fingerprint density at radius 2 is 1.91 bits per heavy atom. The number of thioether (sulfide) groups is 1. The SMILES string of the molecule is O=C(Nc1ccc2c(c1)OC1(CCCCC1)O2)[C@H]1CS[C@H](Cc2ccccc2F)C(=O)N1. The van der Waals surface area contributed by atoms with Crippen molar-refractivity contribution < 1.29 is 23.5 Å². The number of rotatable bonds is 4. The Morgan fingerprint density at radius 1 is 1.12 bits per heavy atom. The fraction of sp³-hybridized carbons (Fsp3) is 0.417. The molecule has 168 valence electrons. The minimum atomic E-state index is -0.653. The number of anilines is 1. The van der Waals surface area contributed by atoms with E-state index in [4.69, 9.17) is 9.47 Å². The molecule has 1 saturated heterocycles. The molecular weight excluding hydrogens is 431 g/mol. The fourth-order valence-electron chi connectivity index (χ4n) is 4.45. The van der Waals surface area contributed by atoms with Crippen molar-refractivity contribution in [3.63, 3.8) is 0 Å². The molecule has 2 aromatic rings. The Hall–Kier alpha value is -2.74. The molecular formula is C24H25FN2O4S. The number of hydrogen-bond acceptors (Lipinski definition) is 5. The van der Waals surface area contributed by atoms with Crippen LogP contribution in [0.2, 0.25) is 0 Å². The van der Waals surface area contributed by atoms with Gasteiger partial charge in [-0.2, -0.15) is 0 Å². The van der Waals surface area contributed by atoms with Gasteiger partial charge in [0.15, 0.2) is 11.5 Å². The number of fused-ring (bicyclic) bond motifs is 1. The average Bonchev–Trinajstić information content (AvgIpc) is 3.13. The third-order valence-electron chi connectivity index (χ3n) is 6.17. The van der Waals surface area contributed by atoms with E-state index in [0.29, 0.717) is 34.9 Å². The van der Waals surface area contributed by atoms with Gasteiger partial charge in [-0.05, 0) is 43.0 Å². The summed E-state index contributed by atoms with van der Waals surface area (Å²) in [5, 5.41) is 5.22. The molecule has 2 amide bonds. The first-order chi connectivity index (χ1) is 15.5. The molecule has 0 bridgehead atoms. The Bertz CT molecular complexity index is 1040. The van der Waals surface area contributed by atoms with Gasteiger partial charge in [-0.15, -0.1) is 11.8 Å². The van der Waals surface area contributed by atoms with Gasteiger partial charge in [0.25, 0.3) is 5.79 Å². The molecule has 1 aliphatic carbocycles. The van der Waals surface area contributed by atoms with Crippen molar-refractivity contribution in [2.45, 2.75) is 55.6 Å². The van der Waals surface area contributed by atoms with Gasteiger partial charge in [-0.1, -0.05) is 24.6 Å². The number of carbonyl (C=O) groups is 2. The van der Waals surface area contributed by atoms with Crippen LogP contribution in [0.1, 0.15) is 37.7 Å². The molecule has 8 heteroatoms. The van der Waals surface area contributed by atoms with Crippen LogP contribution in [0, 0.1) is 5.82 Å². The fourth-order valence-corrected chi connectivity index (χ4v) is 5.62. The summed E-state index contributed by atoms with van der Waals surface area (Å²) in [6.07, 6.45) is 5.37. The van der Waals surface area contributed by atoms with Crippen LogP contribution in [-0.2, 0) is 16.0 Å². The Balaban J connectivity index is 1.18. The zero-order valence-corrected chi connectivity index (χ0v) is 18.4. The van der Waals surface area contributed by atoms with Crippen LogP contribution < -0.4 is 20.1 Å². The lowest BCUT2D eigenvalue weighted by Crippen LogP contribution is -2.52. The van der Waals surface area contributed by atoms with Gasteiger partial charge in [0.1, 0.15) is 11.9 Å². The molecule has 1 spiro atoms. The van der Waals surface area contributed by atoms with Gasteiger partial charge in [0, 0.05) is 30.3 Å². The van der Waals surface area contributed by atoms with Crippen LogP contribution in [0.4, 0.5) is 10.1 Å². The van der Waals surface area contributed by atoms with Crippen LogP contribution in [0.5, 0.6) is 11.5 Å². The summed E-state index contributed by atoms with van der Waals surface area (Å²) >= 11 is 1.37. The maximum absolute atomic E-state index is 13.9. The molecule has 2 N–H and O–H groups in total. The monoisotopic (exact) mass is 456 g/mol. The van der Waals surface area contributed by atoms with Gasteiger partial charge in [0.2, 0.25) is 11.8 Å². The molecule has 0 unspecified atom stereocenters. The number of nitrogens with one attached hydrogen (secondary N) is 2. The Kier molecular flexibility index (Phi) is 5.71. The van der Waals surface area contributed by atoms with E-state index in [-0.39, 0.29) is 17.6 Å². The summed E-state index contributed by atoms with van der Waals surface area (Å²) in [5.41, 5.74) is 1.09. The van der Waals surface area contributed by atoms with E-state index in [1.165, 1.54) is 24.2 Å². The van der Waals surface area contributed by atoms with Gasteiger partial charge in [-0.25, -0.2) is 4.39 Å². The second-order valence-electron chi connectivity index (χ2n) is 8.50. The molecule has 0 aromatic heterocycles. The minimum Gasteiger partial charge on any atom is -0.448 e. The third kappa shape index (κ3) is 4.28. The zero-order chi connectivity index (χ0) is 22.1. The van der Waals surface area contributed by atoms with E-state index in [2.05, 4.69) is 10.6 Å². The van der Waals surface area contributed by atoms with E-state index in [1.54, 1.807) is 30.3 Å². The summed E-state index contributed by atoms with van der Waals surface area (Å²) in [4.78, 5) is 25.3. The maximum Gasteiger partial charge on any atom is 0.251 e. The lowest BCUT2D eigenvalue weighted by molar-refractivity contribution is -0.126. The van der Waals surface area contributed by atoms with Crippen molar-refractivity contribution in [3.05, 3.63) is 53.8 Å². The average molecular weight is 457 g/mol. The lowest BCUT2D eigenvalue weighted by atomic mass is 9.94. The van der Waals surface area contributed by atoms with E-state index < -0.39 is 17.1 Å². The molecule has 3 aliphatic rings. The van der Waals surface area contributed by atoms with Crippen LogP contribution >= 0.6 is 11.8 Å². The summed E-state index contributed by atoms with van der Waals surface area (Å²) < 4.78 is 26.1. The second kappa shape index (κ2) is 8.65. The van der Waals surface area contributed by atoms with Crippen LogP contribution in [0.3, 0.4) is 0 Å². The quantitative estimate of drug-likeness (QED) is 0.726. The van der Waals surface area contributed by atoms with Crippen molar-refractivity contribution in [2.75, 3.05) is 11.1 Å². The standard InChI is InChI=1S/C24H25FN2O4S/c25-17-7-3-2-6-15(17)12-21-23(29)27-18(14-32-21)22(28)26-16-8-9-19-20(13-16)31-24(30-19)10-4-1-5-11-24/h2-3,6-9,13,18,21H,1,4-5,10-12,14H2,(H,26,28)(H,27,29)/t18-,21-/m1/s1. The largest absolute Gasteiger partial charge is 0.448 e. The molecule has 5 rings (SSSR count). The molecule has 6 nitrogen and oxygen atoms in total. The van der Waals surface area contributed by atoms with Crippen LogP contribution in [0.25, 0.3) is 0 Å². The Labute approximate surface area is 190 Å². The summed E-state index contributed by atoms with van der Waals surface area (Å²) in [6.45, 7) is 0. The molecule has 2 fully saturated rings. The molecule has 0 radical (unpaired) electrons. The normalized spacial score (nSPS) is 23.6. The predicted octanol–water partition coefficient (Wildman–Crippen LogP) is 4.04. The Morgan fingerprint density at radius 3 is 2.69 bits per heavy atom. The topological polar surface area (TPSA) is 76.7 Å². The smallest absolute Gasteiger partial charge is 0.251 e. The van der Waals surface area contributed by atoms with Crippen molar-refractivity contribution in [3.8, 4) is 11.5 Å². The van der Waals surface area contributed by atoms with Gasteiger partial charge in [-0.3, -0.25) is 9.59 Å². The number of benzene rings is 2. The highest BCUT2D eigenvalue weighted by molar-refractivity contribution is 8.00. The van der Waals surface area contributed by atoms with Gasteiger partial charge >= 0.3 is 0 Å². The highest BCUT2D eigenvalue weighted by atomic mass is 32.2. The number of halogens is 1. The van der Waals surface area contributed by atoms with E-state index in [0.717, 1.165) is 25.7 Å². The zero-order valence-electron chi connectivity index (χ0n) is 17.6. The second-order valence-corrected chi connectivity index (χ2v) is 9.74. The lowest BCUT2D eigenvalue weighted by Gasteiger charge is -2.31. The van der Waals surface area contributed by atoms with E-state index in [1.807, 2.05) is 6.07 Å². The maximum atomic E-state index is 13.9. The summed E-state index contributed by atoms with van der Waals surface area (Å²) in [7, 11) is 0. The minimum absolute atomic E-state index is 0.255. The third-order valence-corrected chi connectivity index (χ3v) is 7.48. The predicted molar refractivity (Wildman–Crippen MR) is 120 cm³/mol. The van der Waals surface area contributed by atoms with Crippen LogP contribution in [-0.4, -0.2) is 34.6 Å². The molecule has 2 heterocycles. The van der Waals surface area contributed by atoms with Crippen molar-refractivity contribution >= 4 is 29.3 Å². The highest BCUT2D eigenvalue weighted by Crippen LogP contribution is 2.46. The first-order valence-electron chi connectivity index (χ1n) is 11.0. The van der Waals surface area contributed by atoms with Crippen LogP contribution in [0.15, 0.2) is 42.5 Å². The molecule has 32 heavy (non-hydrogen) atoms. The number of carbonyl (C=O) groups excluding carboxylic acids is 2. The number of amides is 2. The molecule has 2 aromatic carbocycles. The van der Waals surface area contributed by atoms with Crippen molar-refractivity contribution in [1.82, 2.24) is 5.32 Å².